The van der Waals surface area contributed by atoms with Crippen molar-refractivity contribution in [3.8, 4) is 0 Å². The molecule has 2 N–H and O–H groups in total. The van der Waals surface area contributed by atoms with E-state index in [4.69, 9.17) is 10.5 Å². The lowest BCUT2D eigenvalue weighted by Gasteiger charge is -2.06. The molecule has 0 amide bonds. The lowest BCUT2D eigenvalue weighted by molar-refractivity contribution is -0.119. The first-order valence-electron chi connectivity index (χ1n) is 2.35. The first kappa shape index (κ1) is 5.31. The Hall–Kier alpha value is -0.830. The van der Waals surface area contributed by atoms with Gasteiger partial charge in [0.1, 0.15) is 6.61 Å². The molecule has 0 unspecified atom stereocenters. The van der Waals surface area contributed by atoms with Crippen molar-refractivity contribution in [2.75, 3.05) is 13.2 Å². The summed E-state index contributed by atoms with van der Waals surface area (Å²) in [6.07, 6.45) is 1.41. The summed E-state index contributed by atoms with van der Waals surface area (Å²) in [5, 5.41) is 0. The van der Waals surface area contributed by atoms with Crippen molar-refractivity contribution >= 4 is 5.78 Å². The Morgan fingerprint density at radius 1 is 1.62 bits per heavy atom. The molecule has 0 saturated carbocycles. The van der Waals surface area contributed by atoms with Gasteiger partial charge in [0.05, 0.1) is 6.61 Å². The number of carbonyl (C=O) groups is 1. The molecule has 0 aromatic heterocycles. The van der Waals surface area contributed by atoms with Crippen molar-refractivity contribution in [2.24, 2.45) is 5.73 Å². The van der Waals surface area contributed by atoms with Gasteiger partial charge in [-0.2, -0.15) is 0 Å². The molecule has 1 aliphatic heterocycles. The predicted octanol–water partition coefficient (Wildman–Crippen LogP) is -0.572. The normalized spacial score (nSPS) is 20.5. The van der Waals surface area contributed by atoms with Gasteiger partial charge in [0, 0.05) is 11.8 Å². The van der Waals surface area contributed by atoms with Gasteiger partial charge < -0.3 is 10.5 Å². The smallest absolute Gasteiger partial charge is 0.183 e. The van der Waals surface area contributed by atoms with Gasteiger partial charge in [-0.25, -0.2) is 0 Å². The van der Waals surface area contributed by atoms with Gasteiger partial charge in [-0.1, -0.05) is 0 Å². The maximum atomic E-state index is 10.4. The van der Waals surface area contributed by atoms with Crippen LogP contribution in [0.4, 0.5) is 0 Å². The summed E-state index contributed by atoms with van der Waals surface area (Å²) in [7, 11) is 0. The Morgan fingerprint density at radius 3 is 2.75 bits per heavy atom. The second-order valence-electron chi connectivity index (χ2n) is 1.68. The number of hydrogen-bond donors (Lipinski definition) is 1. The fourth-order valence-electron chi connectivity index (χ4n) is 0.560. The molecule has 0 fully saturated rings. The van der Waals surface area contributed by atoms with Gasteiger partial charge in [-0.05, 0) is 0 Å². The van der Waals surface area contributed by atoms with Crippen molar-refractivity contribution < 1.29 is 9.53 Å². The largest absolute Gasteiger partial charge is 0.400 e. The zero-order valence-corrected chi connectivity index (χ0v) is 4.39. The Morgan fingerprint density at radius 2 is 2.38 bits per heavy atom. The van der Waals surface area contributed by atoms with E-state index < -0.39 is 0 Å². The van der Waals surface area contributed by atoms with Gasteiger partial charge in [0.2, 0.25) is 0 Å². The van der Waals surface area contributed by atoms with E-state index in [0.717, 1.165) is 0 Å². The van der Waals surface area contributed by atoms with E-state index in [1.807, 2.05) is 0 Å². The molecule has 0 saturated heterocycles. The summed E-state index contributed by atoms with van der Waals surface area (Å²) >= 11 is 0. The van der Waals surface area contributed by atoms with Gasteiger partial charge in [-0.15, -0.1) is 0 Å². The van der Waals surface area contributed by atoms with Crippen LogP contribution in [0.15, 0.2) is 11.8 Å². The van der Waals surface area contributed by atoms with Crippen LogP contribution in [-0.4, -0.2) is 19.0 Å². The third-order valence-corrected chi connectivity index (χ3v) is 0.859. The van der Waals surface area contributed by atoms with Crippen LogP contribution in [0.25, 0.3) is 0 Å². The van der Waals surface area contributed by atoms with Crippen LogP contribution in [0.3, 0.4) is 0 Å². The van der Waals surface area contributed by atoms with Crippen LogP contribution in [0, 0.1) is 0 Å². The lowest BCUT2D eigenvalue weighted by Crippen LogP contribution is -2.19. The third kappa shape index (κ3) is 1.07. The number of hydrogen-bond acceptors (Lipinski definition) is 3. The van der Waals surface area contributed by atoms with Crippen molar-refractivity contribution in [1.82, 2.24) is 0 Å². The zero-order chi connectivity index (χ0) is 5.98. The molecule has 0 aromatic carbocycles. The van der Waals surface area contributed by atoms with E-state index in [1.54, 1.807) is 0 Å². The van der Waals surface area contributed by atoms with Crippen molar-refractivity contribution in [3.63, 3.8) is 0 Å². The summed E-state index contributed by atoms with van der Waals surface area (Å²) in [5.41, 5.74) is 5.76. The average molecular weight is 113 g/mol. The molecule has 1 heterocycles. The van der Waals surface area contributed by atoms with E-state index in [0.29, 0.717) is 12.3 Å². The molecule has 1 aliphatic rings. The molecule has 0 aliphatic carbocycles. The maximum absolute atomic E-state index is 10.4. The van der Waals surface area contributed by atoms with Crippen LogP contribution in [0.1, 0.15) is 0 Å². The Bertz CT molecular complexity index is 139. The highest BCUT2D eigenvalue weighted by molar-refractivity contribution is 5.91. The molecule has 0 spiro atoms. The number of carbonyl (C=O) groups excluding carboxylic acids is 1. The molecule has 44 valence electrons. The fourth-order valence-corrected chi connectivity index (χ4v) is 0.560. The fraction of sp³-hybridized carbons (Fsp3) is 0.400. The minimum Gasteiger partial charge on any atom is -0.400 e. The average Bonchev–Trinajstić information content (AvgIpc) is 1.64. The van der Waals surface area contributed by atoms with Gasteiger partial charge >= 0.3 is 0 Å². The number of nitrogens with two attached hydrogens (primary N) is 1. The molecule has 0 bridgehead atoms. The molecular weight excluding hydrogens is 106 g/mol. The number of ketones is 1. The Kier molecular flexibility index (Phi) is 1.30. The van der Waals surface area contributed by atoms with Crippen LogP contribution < -0.4 is 5.73 Å². The van der Waals surface area contributed by atoms with Gasteiger partial charge in [-0.3, -0.25) is 4.79 Å². The second kappa shape index (κ2) is 1.96. The first-order chi connectivity index (χ1) is 3.79. The molecule has 8 heavy (non-hydrogen) atoms. The van der Waals surface area contributed by atoms with E-state index in [-0.39, 0.29) is 12.4 Å². The highest BCUT2D eigenvalue weighted by Crippen LogP contribution is 1.94. The monoisotopic (exact) mass is 113 g/mol. The van der Waals surface area contributed by atoms with E-state index >= 15 is 0 Å². The van der Waals surface area contributed by atoms with E-state index in [9.17, 15) is 4.79 Å². The van der Waals surface area contributed by atoms with E-state index in [1.165, 1.54) is 6.08 Å². The molecule has 3 nitrogen and oxygen atoms in total. The van der Waals surface area contributed by atoms with Crippen molar-refractivity contribution in [2.45, 2.75) is 0 Å². The minimum absolute atomic E-state index is 0.0475. The van der Waals surface area contributed by atoms with Crippen LogP contribution in [-0.2, 0) is 9.53 Å². The summed E-state index contributed by atoms with van der Waals surface area (Å²) in [6, 6.07) is 0. The molecule has 3 heteroatoms. The first-order valence-corrected chi connectivity index (χ1v) is 2.35. The standard InChI is InChI=1S/C5H7NO2/c6-4-1-5(7)3-8-2-4/h1H,2-3,6H2. The zero-order valence-electron chi connectivity index (χ0n) is 4.39. The Labute approximate surface area is 47.1 Å². The van der Waals surface area contributed by atoms with Gasteiger partial charge in [0.15, 0.2) is 5.78 Å². The molecule has 0 aromatic rings. The van der Waals surface area contributed by atoms with E-state index in [2.05, 4.69) is 0 Å². The van der Waals surface area contributed by atoms with Crippen molar-refractivity contribution in [1.29, 1.82) is 0 Å². The highest BCUT2D eigenvalue weighted by Gasteiger charge is 2.05. The maximum Gasteiger partial charge on any atom is 0.183 e. The van der Waals surface area contributed by atoms with Crippen LogP contribution >= 0.6 is 0 Å². The summed E-state index contributed by atoms with van der Waals surface area (Å²) in [5.74, 6) is -0.0475. The summed E-state index contributed by atoms with van der Waals surface area (Å²) < 4.78 is 4.75. The molecule has 1 rings (SSSR count). The van der Waals surface area contributed by atoms with Crippen LogP contribution in [0.2, 0.25) is 0 Å². The highest BCUT2D eigenvalue weighted by atomic mass is 16.5. The summed E-state index contributed by atoms with van der Waals surface area (Å²) in [6.45, 7) is 0.576. The minimum atomic E-state index is -0.0475. The topological polar surface area (TPSA) is 52.3 Å². The Balaban J connectivity index is 2.64. The van der Waals surface area contributed by atoms with Gasteiger partial charge in [0.25, 0.3) is 0 Å². The SMILES string of the molecule is NC1=CC(=O)COC1. The summed E-state index contributed by atoms with van der Waals surface area (Å²) in [4.78, 5) is 10.4. The molecule has 0 radical (unpaired) electrons. The van der Waals surface area contributed by atoms with Crippen molar-refractivity contribution in [3.05, 3.63) is 11.8 Å². The third-order valence-electron chi connectivity index (χ3n) is 0.859. The molecular formula is C5H7NO2. The van der Waals surface area contributed by atoms with Crippen LogP contribution in [0.5, 0.6) is 0 Å². The molecule has 0 atom stereocenters. The quantitative estimate of drug-likeness (QED) is 0.457. The number of rotatable bonds is 0. The second-order valence-corrected chi connectivity index (χ2v) is 1.68. The lowest BCUT2D eigenvalue weighted by atomic mass is 10.3. The predicted molar refractivity (Wildman–Crippen MR) is 28.1 cm³/mol. The number of ether oxygens (including phenoxy) is 1.